The number of alkyl halides is 4. The number of anilines is 1. The van der Waals surface area contributed by atoms with Crippen LogP contribution in [0.2, 0.25) is 0 Å². The molecule has 1 aromatic carbocycles. The van der Waals surface area contributed by atoms with Gasteiger partial charge >= 0.3 is 6.18 Å². The van der Waals surface area contributed by atoms with Crippen LogP contribution in [0.1, 0.15) is 18.9 Å². The van der Waals surface area contributed by atoms with E-state index in [0.29, 0.717) is 10.7 Å². The molecule has 18 heavy (non-hydrogen) atoms. The van der Waals surface area contributed by atoms with Crippen LogP contribution in [0, 0.1) is 5.92 Å². The molecule has 1 aliphatic heterocycles. The molecule has 1 fully saturated rings. The first-order valence-corrected chi connectivity index (χ1v) is 6.86. The molecule has 0 saturated carbocycles. The quantitative estimate of drug-likeness (QED) is 0.696. The Bertz CT molecular complexity index is 402. The van der Waals surface area contributed by atoms with Crippen molar-refractivity contribution in [1.82, 2.24) is 0 Å². The molecule has 5 heteroatoms. The number of piperidine rings is 1. The van der Waals surface area contributed by atoms with Crippen LogP contribution in [0.25, 0.3) is 0 Å². The molecule has 1 nitrogen and oxygen atoms in total. The largest absolute Gasteiger partial charge is 0.416 e. The minimum Gasteiger partial charge on any atom is -0.370 e. The molecule has 1 heterocycles. The second-order valence-electron chi connectivity index (χ2n) is 4.77. The third-order valence-electron chi connectivity index (χ3n) is 3.43. The molecular formula is C13H15BrF3N. The van der Waals surface area contributed by atoms with E-state index >= 15 is 0 Å². The highest BCUT2D eigenvalue weighted by molar-refractivity contribution is 9.09. The van der Waals surface area contributed by atoms with Crippen LogP contribution < -0.4 is 4.90 Å². The Balaban J connectivity index is 2.11. The van der Waals surface area contributed by atoms with Gasteiger partial charge in [-0.15, -0.1) is 0 Å². The maximum atomic E-state index is 12.5. The third kappa shape index (κ3) is 2.99. The molecule has 0 radical (unpaired) electrons. The van der Waals surface area contributed by atoms with Crippen LogP contribution in [0.4, 0.5) is 18.9 Å². The first-order chi connectivity index (χ1) is 8.38. The summed E-state index contributed by atoms with van der Waals surface area (Å²) in [5.74, 6) is 0.607. The lowest BCUT2D eigenvalue weighted by Crippen LogP contribution is -2.40. The number of hydrogen-bond donors (Lipinski definition) is 0. The van der Waals surface area contributed by atoms with E-state index < -0.39 is 11.7 Å². The number of rotatable bonds is 1. The Morgan fingerprint density at radius 2 is 1.83 bits per heavy atom. The third-order valence-corrected chi connectivity index (χ3v) is 4.62. The molecule has 100 valence electrons. The van der Waals surface area contributed by atoms with E-state index in [1.807, 2.05) is 0 Å². The average molecular weight is 322 g/mol. The Labute approximate surface area is 113 Å². The molecule has 0 spiro atoms. The van der Waals surface area contributed by atoms with E-state index in [4.69, 9.17) is 0 Å². The lowest BCUT2D eigenvalue weighted by atomic mass is 9.98. The fourth-order valence-corrected chi connectivity index (χ4v) is 2.73. The summed E-state index contributed by atoms with van der Waals surface area (Å²) in [6, 6.07) is 5.41. The highest BCUT2D eigenvalue weighted by atomic mass is 79.9. The maximum absolute atomic E-state index is 12.5. The average Bonchev–Trinajstić information content (AvgIpc) is 2.32. The van der Waals surface area contributed by atoms with Gasteiger partial charge in [0, 0.05) is 23.6 Å². The molecule has 2 atom stereocenters. The molecule has 1 saturated heterocycles. The topological polar surface area (TPSA) is 3.24 Å². The van der Waals surface area contributed by atoms with Gasteiger partial charge < -0.3 is 4.90 Å². The molecule has 0 amide bonds. The zero-order valence-electron chi connectivity index (χ0n) is 10.0. The van der Waals surface area contributed by atoms with Crippen molar-refractivity contribution in [3.63, 3.8) is 0 Å². The molecule has 2 unspecified atom stereocenters. The van der Waals surface area contributed by atoms with Gasteiger partial charge in [0.25, 0.3) is 0 Å². The van der Waals surface area contributed by atoms with Crippen molar-refractivity contribution in [3.05, 3.63) is 29.8 Å². The van der Waals surface area contributed by atoms with Crippen molar-refractivity contribution in [1.29, 1.82) is 0 Å². The van der Waals surface area contributed by atoms with Gasteiger partial charge in [0.05, 0.1) is 5.56 Å². The lowest BCUT2D eigenvalue weighted by molar-refractivity contribution is -0.137. The molecule has 0 aromatic heterocycles. The zero-order chi connectivity index (χ0) is 13.3. The fraction of sp³-hybridized carbons (Fsp3) is 0.538. The predicted octanol–water partition coefficient (Wildman–Crippen LogP) is 4.32. The Morgan fingerprint density at radius 1 is 1.22 bits per heavy atom. The minimum absolute atomic E-state index is 0.397. The highest BCUT2D eigenvalue weighted by Crippen LogP contribution is 2.32. The second kappa shape index (κ2) is 5.11. The van der Waals surface area contributed by atoms with Gasteiger partial charge in [-0.1, -0.05) is 22.9 Å². The van der Waals surface area contributed by atoms with Gasteiger partial charge in [-0.2, -0.15) is 13.2 Å². The highest BCUT2D eigenvalue weighted by Gasteiger charge is 2.30. The van der Waals surface area contributed by atoms with Gasteiger partial charge in [0.1, 0.15) is 0 Å². The van der Waals surface area contributed by atoms with Crippen LogP contribution in [0.5, 0.6) is 0 Å². The Kier molecular flexibility index (Phi) is 3.90. The van der Waals surface area contributed by atoms with Crippen LogP contribution in [0.15, 0.2) is 24.3 Å². The van der Waals surface area contributed by atoms with Gasteiger partial charge in [-0.05, 0) is 36.6 Å². The molecule has 0 bridgehead atoms. The summed E-state index contributed by atoms with van der Waals surface area (Å²) in [7, 11) is 0. The van der Waals surface area contributed by atoms with E-state index in [1.165, 1.54) is 0 Å². The molecule has 0 aliphatic carbocycles. The zero-order valence-corrected chi connectivity index (χ0v) is 11.6. The first-order valence-electron chi connectivity index (χ1n) is 5.94. The normalized spacial score (nSPS) is 25.3. The Morgan fingerprint density at radius 3 is 2.33 bits per heavy atom. The summed E-state index contributed by atoms with van der Waals surface area (Å²) in [5, 5.41) is 0. The van der Waals surface area contributed by atoms with Crippen LogP contribution in [-0.4, -0.2) is 17.9 Å². The van der Waals surface area contributed by atoms with Crippen LogP contribution >= 0.6 is 15.9 Å². The van der Waals surface area contributed by atoms with Crippen molar-refractivity contribution < 1.29 is 13.2 Å². The van der Waals surface area contributed by atoms with E-state index in [2.05, 4.69) is 27.8 Å². The predicted molar refractivity (Wildman–Crippen MR) is 70.2 cm³/mol. The number of halogens is 4. The fourth-order valence-electron chi connectivity index (χ4n) is 2.12. The van der Waals surface area contributed by atoms with E-state index in [9.17, 15) is 13.2 Å². The standard InChI is InChI=1S/C13H15BrF3N/c1-9-6-7-18(8-12(9)14)11-4-2-10(3-5-11)13(15,16)17/h2-5,9,12H,6-8H2,1H3. The van der Waals surface area contributed by atoms with Crippen molar-refractivity contribution in [2.45, 2.75) is 24.3 Å². The van der Waals surface area contributed by atoms with Crippen molar-refractivity contribution in [2.24, 2.45) is 5.92 Å². The molecule has 1 aromatic rings. The Hall–Kier alpha value is -0.710. The number of hydrogen-bond acceptors (Lipinski definition) is 1. The van der Waals surface area contributed by atoms with E-state index in [0.717, 1.165) is 37.3 Å². The smallest absolute Gasteiger partial charge is 0.370 e. The SMILES string of the molecule is CC1CCN(c2ccc(C(F)(F)F)cc2)CC1Br. The summed E-state index contributed by atoms with van der Waals surface area (Å²) in [5.41, 5.74) is 0.270. The second-order valence-corrected chi connectivity index (χ2v) is 5.95. The van der Waals surface area contributed by atoms with Gasteiger partial charge in [-0.3, -0.25) is 0 Å². The van der Waals surface area contributed by atoms with Crippen molar-refractivity contribution in [3.8, 4) is 0 Å². The lowest BCUT2D eigenvalue weighted by Gasteiger charge is -2.35. The van der Waals surface area contributed by atoms with Gasteiger partial charge in [0.15, 0.2) is 0 Å². The maximum Gasteiger partial charge on any atom is 0.416 e. The monoisotopic (exact) mass is 321 g/mol. The minimum atomic E-state index is -4.26. The van der Waals surface area contributed by atoms with Crippen LogP contribution in [-0.2, 0) is 6.18 Å². The number of nitrogens with zero attached hydrogens (tertiary/aromatic N) is 1. The van der Waals surface area contributed by atoms with Crippen LogP contribution in [0.3, 0.4) is 0 Å². The summed E-state index contributed by atoms with van der Waals surface area (Å²) in [6.45, 7) is 3.92. The summed E-state index contributed by atoms with van der Waals surface area (Å²) in [6.07, 6.45) is -3.20. The summed E-state index contributed by atoms with van der Waals surface area (Å²) in [4.78, 5) is 2.52. The van der Waals surface area contributed by atoms with Gasteiger partial charge in [-0.25, -0.2) is 0 Å². The molecular weight excluding hydrogens is 307 g/mol. The first kappa shape index (κ1) is 13.7. The summed E-state index contributed by atoms with van der Waals surface area (Å²) >= 11 is 3.62. The molecule has 2 rings (SSSR count). The van der Waals surface area contributed by atoms with Crippen molar-refractivity contribution >= 4 is 21.6 Å². The van der Waals surface area contributed by atoms with Crippen molar-refractivity contribution in [2.75, 3.05) is 18.0 Å². The molecule has 0 N–H and O–H groups in total. The van der Waals surface area contributed by atoms with E-state index in [1.54, 1.807) is 12.1 Å². The number of benzene rings is 1. The summed E-state index contributed by atoms with van der Waals surface area (Å²) < 4.78 is 37.4. The van der Waals surface area contributed by atoms with E-state index in [-0.39, 0.29) is 0 Å². The van der Waals surface area contributed by atoms with Gasteiger partial charge in [0.2, 0.25) is 0 Å². The molecule has 1 aliphatic rings.